The third-order valence-electron chi connectivity index (χ3n) is 5.71. The van der Waals surface area contributed by atoms with E-state index in [4.69, 9.17) is 9.47 Å². The fraction of sp³-hybridized carbons (Fsp3) is 0.682. The smallest absolute Gasteiger partial charge is 0.226 e. The van der Waals surface area contributed by atoms with E-state index in [-0.39, 0.29) is 11.9 Å². The predicted octanol–water partition coefficient (Wildman–Crippen LogP) is 3.52. The number of likely N-dealkylation sites (N-methyl/N-ethyl adjacent to an activating group) is 1. The van der Waals surface area contributed by atoms with Crippen molar-refractivity contribution in [3.8, 4) is 11.5 Å². The number of carbonyl (C=O) groups excluding carboxylic acids is 1. The van der Waals surface area contributed by atoms with Crippen LogP contribution in [-0.4, -0.2) is 57.8 Å². The highest BCUT2D eigenvalue weighted by Gasteiger charge is 2.25. The average molecular weight is 392 g/mol. The number of anilines is 1. The molecule has 6 nitrogen and oxygen atoms in total. The normalized spacial score (nSPS) is 17.2. The molecule has 1 aliphatic carbocycles. The molecule has 1 aliphatic rings. The van der Waals surface area contributed by atoms with E-state index in [9.17, 15) is 4.79 Å². The van der Waals surface area contributed by atoms with Crippen molar-refractivity contribution in [2.75, 3.05) is 40.2 Å². The van der Waals surface area contributed by atoms with Gasteiger partial charge in [-0.05, 0) is 51.9 Å². The van der Waals surface area contributed by atoms with Crippen LogP contribution in [0.5, 0.6) is 11.5 Å². The Bertz CT molecular complexity index is 615. The predicted molar refractivity (Wildman–Crippen MR) is 114 cm³/mol. The van der Waals surface area contributed by atoms with Crippen LogP contribution in [0.3, 0.4) is 0 Å². The molecule has 0 aromatic heterocycles. The molecule has 1 aromatic carbocycles. The molecule has 2 N–H and O–H groups in total. The lowest BCUT2D eigenvalue weighted by atomic mass is 9.83. The van der Waals surface area contributed by atoms with Crippen molar-refractivity contribution in [2.24, 2.45) is 5.92 Å². The molecular formula is C22H37N3O3. The fourth-order valence-corrected chi connectivity index (χ4v) is 4.07. The van der Waals surface area contributed by atoms with E-state index in [1.54, 1.807) is 26.4 Å². The second kappa shape index (κ2) is 11.3. The molecule has 28 heavy (non-hydrogen) atoms. The first-order chi connectivity index (χ1) is 13.4. The number of carbonyl (C=O) groups is 1. The van der Waals surface area contributed by atoms with Crippen molar-refractivity contribution >= 4 is 11.6 Å². The number of ether oxygens (including phenoxy) is 2. The number of hydrogen-bond donors (Lipinski definition) is 2. The van der Waals surface area contributed by atoms with Crippen molar-refractivity contribution in [3.63, 3.8) is 0 Å². The van der Waals surface area contributed by atoms with Gasteiger partial charge in [0.25, 0.3) is 0 Å². The van der Waals surface area contributed by atoms with Crippen LogP contribution in [0.25, 0.3) is 0 Å². The molecule has 2 atom stereocenters. The fourth-order valence-electron chi connectivity index (χ4n) is 4.07. The van der Waals surface area contributed by atoms with E-state index in [1.165, 1.54) is 32.1 Å². The second-order valence-electron chi connectivity index (χ2n) is 8.06. The van der Waals surface area contributed by atoms with Crippen LogP contribution >= 0.6 is 0 Å². The summed E-state index contributed by atoms with van der Waals surface area (Å²) < 4.78 is 10.5. The topological polar surface area (TPSA) is 62.8 Å². The molecule has 1 amide bonds. The lowest BCUT2D eigenvalue weighted by Gasteiger charge is -2.35. The van der Waals surface area contributed by atoms with Gasteiger partial charge in [-0.25, -0.2) is 0 Å². The van der Waals surface area contributed by atoms with Crippen LogP contribution in [0, 0.1) is 5.92 Å². The quantitative estimate of drug-likeness (QED) is 0.639. The zero-order valence-corrected chi connectivity index (χ0v) is 18.1. The van der Waals surface area contributed by atoms with Crippen LogP contribution < -0.4 is 20.1 Å². The molecule has 6 heteroatoms. The molecule has 1 fully saturated rings. The maximum absolute atomic E-state index is 12.5. The summed E-state index contributed by atoms with van der Waals surface area (Å²) in [5.41, 5.74) is 0.661. The van der Waals surface area contributed by atoms with Gasteiger partial charge in [0.1, 0.15) is 11.5 Å². The zero-order chi connectivity index (χ0) is 20.5. The number of nitrogens with one attached hydrogen (secondary N) is 2. The first kappa shape index (κ1) is 22.5. The van der Waals surface area contributed by atoms with Gasteiger partial charge < -0.3 is 25.0 Å². The van der Waals surface area contributed by atoms with Gasteiger partial charge in [0.15, 0.2) is 0 Å². The van der Waals surface area contributed by atoms with Gasteiger partial charge in [0.05, 0.1) is 19.9 Å². The molecule has 0 spiro atoms. The van der Waals surface area contributed by atoms with Crippen LogP contribution in [0.1, 0.15) is 45.4 Å². The van der Waals surface area contributed by atoms with Crippen molar-refractivity contribution in [1.29, 1.82) is 0 Å². The molecule has 1 saturated carbocycles. The van der Waals surface area contributed by atoms with Crippen LogP contribution in [0.4, 0.5) is 5.69 Å². The summed E-state index contributed by atoms with van der Waals surface area (Å²) in [6.07, 6.45) is 7.11. The van der Waals surface area contributed by atoms with Gasteiger partial charge in [-0.15, -0.1) is 0 Å². The van der Waals surface area contributed by atoms with E-state index in [0.717, 1.165) is 12.5 Å². The van der Waals surface area contributed by atoms with Gasteiger partial charge in [0.2, 0.25) is 5.91 Å². The average Bonchev–Trinajstić information content (AvgIpc) is 2.68. The highest BCUT2D eigenvalue weighted by molar-refractivity contribution is 5.92. The van der Waals surface area contributed by atoms with Crippen LogP contribution in [0.15, 0.2) is 18.2 Å². The Labute approximate surface area is 170 Å². The molecular weight excluding hydrogens is 354 g/mol. The Morgan fingerprint density at radius 3 is 2.50 bits per heavy atom. The Kier molecular flexibility index (Phi) is 9.06. The maximum atomic E-state index is 12.5. The summed E-state index contributed by atoms with van der Waals surface area (Å²) in [6.45, 7) is 2.98. The molecule has 2 unspecified atom stereocenters. The van der Waals surface area contributed by atoms with Crippen molar-refractivity contribution < 1.29 is 14.3 Å². The Balaban J connectivity index is 1.84. The van der Waals surface area contributed by atoms with E-state index in [0.29, 0.717) is 29.6 Å². The zero-order valence-electron chi connectivity index (χ0n) is 18.1. The Morgan fingerprint density at radius 1 is 1.18 bits per heavy atom. The number of amides is 1. The van der Waals surface area contributed by atoms with Crippen molar-refractivity contribution in [2.45, 2.75) is 57.5 Å². The van der Waals surface area contributed by atoms with E-state index in [2.05, 4.69) is 36.6 Å². The number of benzene rings is 1. The molecule has 0 saturated heterocycles. The SMILES string of the molecule is COc1ccc(NC(=O)CC(C)NCC(C2CCCCC2)N(C)C)c(OC)c1. The summed E-state index contributed by atoms with van der Waals surface area (Å²) in [7, 11) is 7.51. The van der Waals surface area contributed by atoms with E-state index in [1.807, 2.05) is 6.07 Å². The molecule has 158 valence electrons. The summed E-state index contributed by atoms with van der Waals surface area (Å²) >= 11 is 0. The largest absolute Gasteiger partial charge is 0.497 e. The molecule has 0 aliphatic heterocycles. The van der Waals surface area contributed by atoms with E-state index < -0.39 is 0 Å². The third-order valence-corrected chi connectivity index (χ3v) is 5.71. The summed E-state index contributed by atoms with van der Waals surface area (Å²) in [6, 6.07) is 6.01. The van der Waals surface area contributed by atoms with Gasteiger partial charge in [-0.1, -0.05) is 19.3 Å². The number of rotatable bonds is 10. The van der Waals surface area contributed by atoms with Gasteiger partial charge in [-0.2, -0.15) is 0 Å². The van der Waals surface area contributed by atoms with Crippen molar-refractivity contribution in [1.82, 2.24) is 10.2 Å². The minimum Gasteiger partial charge on any atom is -0.497 e. The maximum Gasteiger partial charge on any atom is 0.226 e. The second-order valence-corrected chi connectivity index (χ2v) is 8.06. The lowest BCUT2D eigenvalue weighted by Crippen LogP contribution is -2.46. The minimum atomic E-state index is -0.0254. The number of nitrogens with zero attached hydrogens (tertiary/aromatic N) is 1. The van der Waals surface area contributed by atoms with E-state index >= 15 is 0 Å². The monoisotopic (exact) mass is 391 g/mol. The summed E-state index contributed by atoms with van der Waals surface area (Å²) in [5, 5.41) is 6.52. The highest BCUT2D eigenvalue weighted by Crippen LogP contribution is 2.29. The third kappa shape index (κ3) is 6.67. The summed E-state index contributed by atoms with van der Waals surface area (Å²) in [5.74, 6) is 2.02. The molecule has 1 aromatic rings. The minimum absolute atomic E-state index is 0.0254. The van der Waals surface area contributed by atoms with Gasteiger partial charge in [-0.3, -0.25) is 4.79 Å². The number of methoxy groups -OCH3 is 2. The van der Waals surface area contributed by atoms with Gasteiger partial charge in [0, 0.05) is 31.1 Å². The van der Waals surface area contributed by atoms with Crippen LogP contribution in [-0.2, 0) is 4.79 Å². The van der Waals surface area contributed by atoms with Gasteiger partial charge >= 0.3 is 0 Å². The number of hydrogen-bond acceptors (Lipinski definition) is 5. The van der Waals surface area contributed by atoms with Crippen LogP contribution in [0.2, 0.25) is 0 Å². The molecule has 2 rings (SSSR count). The Morgan fingerprint density at radius 2 is 1.89 bits per heavy atom. The standard InChI is InChI=1S/C22H37N3O3/c1-16(23-15-20(25(2)3)17-9-7-6-8-10-17)13-22(26)24-19-12-11-18(27-4)14-21(19)28-5/h11-12,14,16-17,20,23H,6-10,13,15H2,1-5H3,(H,24,26). The first-order valence-electron chi connectivity index (χ1n) is 10.4. The molecule has 0 heterocycles. The van der Waals surface area contributed by atoms with Crippen molar-refractivity contribution in [3.05, 3.63) is 18.2 Å². The first-order valence-corrected chi connectivity index (χ1v) is 10.4. The Hall–Kier alpha value is -1.79. The molecule has 0 radical (unpaired) electrons. The highest BCUT2D eigenvalue weighted by atomic mass is 16.5. The molecule has 0 bridgehead atoms. The summed E-state index contributed by atoms with van der Waals surface area (Å²) in [4.78, 5) is 14.8. The lowest BCUT2D eigenvalue weighted by molar-refractivity contribution is -0.116.